The van der Waals surface area contributed by atoms with Crippen LogP contribution in [-0.4, -0.2) is 53.3 Å². The monoisotopic (exact) mass is 358 g/mol. The van der Waals surface area contributed by atoms with Gasteiger partial charge in [0.2, 0.25) is 0 Å². The summed E-state index contributed by atoms with van der Waals surface area (Å²) in [5.74, 6) is -0.873. The van der Waals surface area contributed by atoms with Crippen molar-refractivity contribution in [3.05, 3.63) is 11.6 Å². The lowest BCUT2D eigenvalue weighted by Crippen LogP contribution is -2.45. The Labute approximate surface area is 145 Å². The fourth-order valence-electron chi connectivity index (χ4n) is 2.17. The van der Waals surface area contributed by atoms with Crippen LogP contribution in [0.15, 0.2) is 11.6 Å². The van der Waals surface area contributed by atoms with E-state index in [1.165, 1.54) is 20.3 Å². The van der Waals surface area contributed by atoms with E-state index in [0.717, 1.165) is 5.57 Å². The third-order valence-electron chi connectivity index (χ3n) is 4.72. The van der Waals surface area contributed by atoms with Crippen molar-refractivity contribution in [3.63, 3.8) is 0 Å². The maximum atomic E-state index is 11.9. The van der Waals surface area contributed by atoms with E-state index in [4.69, 9.17) is 13.9 Å². The molecule has 24 heavy (non-hydrogen) atoms. The zero-order valence-electron chi connectivity index (χ0n) is 15.8. The Morgan fingerprint density at radius 2 is 1.83 bits per heavy atom. The highest BCUT2D eigenvalue weighted by atomic mass is 28.4. The molecule has 1 saturated heterocycles. The zero-order chi connectivity index (χ0) is 18.5. The highest BCUT2D eigenvalue weighted by Crippen LogP contribution is 2.37. The largest absolute Gasteiger partial charge is 0.467 e. The Balaban J connectivity index is 2.83. The smallest absolute Gasteiger partial charge is 0.335 e. The van der Waals surface area contributed by atoms with Crippen LogP contribution in [0, 0.1) is 0 Å². The first kappa shape index (κ1) is 20.9. The second kappa shape index (κ2) is 8.27. The van der Waals surface area contributed by atoms with Crippen LogP contribution in [0.3, 0.4) is 0 Å². The van der Waals surface area contributed by atoms with Gasteiger partial charge in [0.05, 0.1) is 26.9 Å². The van der Waals surface area contributed by atoms with Gasteiger partial charge in [-0.2, -0.15) is 0 Å². The lowest BCUT2D eigenvalue weighted by atomic mass is 9.97. The maximum Gasteiger partial charge on any atom is 0.335 e. The molecule has 0 spiro atoms. The van der Waals surface area contributed by atoms with Crippen LogP contribution in [0.1, 0.15) is 33.6 Å². The molecule has 2 atom stereocenters. The third kappa shape index (κ3) is 5.72. The Morgan fingerprint density at radius 1 is 1.21 bits per heavy atom. The molecule has 0 aliphatic carbocycles. The van der Waals surface area contributed by atoms with Gasteiger partial charge in [-0.15, -0.1) is 0 Å². The number of rotatable bonds is 5. The molecule has 0 aromatic carbocycles. The van der Waals surface area contributed by atoms with Gasteiger partial charge < -0.3 is 18.6 Å². The summed E-state index contributed by atoms with van der Waals surface area (Å²) >= 11 is 0. The average molecular weight is 359 g/mol. The molecule has 0 aromatic rings. The molecule has 0 N–H and O–H groups in total. The van der Waals surface area contributed by atoms with Gasteiger partial charge in [-0.3, -0.25) is 0 Å². The lowest BCUT2D eigenvalue weighted by Gasteiger charge is -2.38. The molecule has 1 rings (SSSR count). The van der Waals surface area contributed by atoms with E-state index >= 15 is 0 Å². The molecule has 138 valence electrons. The van der Waals surface area contributed by atoms with E-state index in [1.807, 2.05) is 0 Å². The normalized spacial score (nSPS) is 23.9. The summed E-state index contributed by atoms with van der Waals surface area (Å²) < 4.78 is 21.5. The van der Waals surface area contributed by atoms with Crippen LogP contribution >= 0.6 is 0 Å². The maximum absolute atomic E-state index is 11.9. The van der Waals surface area contributed by atoms with Gasteiger partial charge in [0.25, 0.3) is 0 Å². The van der Waals surface area contributed by atoms with Gasteiger partial charge in [-0.25, -0.2) is 9.59 Å². The second-order valence-electron chi connectivity index (χ2n) is 7.58. The summed E-state index contributed by atoms with van der Waals surface area (Å²) in [4.78, 5) is 23.4. The van der Waals surface area contributed by atoms with E-state index in [2.05, 4.69) is 38.6 Å². The molecule has 1 heterocycles. The van der Waals surface area contributed by atoms with Crippen LogP contribution in [-0.2, 0) is 28.2 Å². The van der Waals surface area contributed by atoms with Gasteiger partial charge in [-0.05, 0) is 24.6 Å². The predicted molar refractivity (Wildman–Crippen MR) is 93.2 cm³/mol. The molecule has 0 aromatic heterocycles. The SMILES string of the molecule is COC(=O)/C=C1\C[C@H](CO[Si](C)(C)C(C)(C)C)O[C@H](C(=O)OC)C1. The number of hydrogen-bond acceptors (Lipinski definition) is 6. The highest BCUT2D eigenvalue weighted by molar-refractivity contribution is 6.74. The van der Waals surface area contributed by atoms with E-state index in [0.29, 0.717) is 19.4 Å². The first-order chi connectivity index (χ1) is 11.0. The number of esters is 2. The Morgan fingerprint density at radius 3 is 2.33 bits per heavy atom. The fraction of sp³-hybridized carbons (Fsp3) is 0.765. The number of carbonyl (C=O) groups excluding carboxylic acids is 2. The van der Waals surface area contributed by atoms with Crippen LogP contribution in [0.4, 0.5) is 0 Å². The summed E-state index contributed by atoms with van der Waals surface area (Å²) in [6, 6.07) is 0. The highest BCUT2D eigenvalue weighted by Gasteiger charge is 2.39. The van der Waals surface area contributed by atoms with Crippen LogP contribution in [0.2, 0.25) is 18.1 Å². The minimum atomic E-state index is -1.91. The topological polar surface area (TPSA) is 71.1 Å². The molecule has 0 amide bonds. The summed E-state index contributed by atoms with van der Waals surface area (Å²) in [7, 11) is 0.738. The van der Waals surface area contributed by atoms with Crippen molar-refractivity contribution < 1.29 is 28.2 Å². The first-order valence-electron chi connectivity index (χ1n) is 8.15. The minimum absolute atomic E-state index is 0.0914. The summed E-state index contributed by atoms with van der Waals surface area (Å²) in [5, 5.41) is 0.0914. The molecule has 1 aliphatic rings. The van der Waals surface area contributed by atoms with E-state index in [-0.39, 0.29) is 11.1 Å². The minimum Gasteiger partial charge on any atom is -0.467 e. The average Bonchev–Trinajstić information content (AvgIpc) is 2.50. The van der Waals surface area contributed by atoms with Gasteiger partial charge >= 0.3 is 11.9 Å². The van der Waals surface area contributed by atoms with Crippen molar-refractivity contribution in [1.29, 1.82) is 0 Å². The van der Waals surface area contributed by atoms with Gasteiger partial charge in [0.15, 0.2) is 14.4 Å². The zero-order valence-corrected chi connectivity index (χ0v) is 16.8. The Bertz CT molecular complexity index is 492. The van der Waals surface area contributed by atoms with E-state index in [9.17, 15) is 9.59 Å². The van der Waals surface area contributed by atoms with Crippen molar-refractivity contribution in [2.45, 2.75) is 64.0 Å². The van der Waals surface area contributed by atoms with Gasteiger partial charge in [0.1, 0.15) is 0 Å². The van der Waals surface area contributed by atoms with Crippen molar-refractivity contribution in [2.24, 2.45) is 0 Å². The predicted octanol–water partition coefficient (Wildman–Crippen LogP) is 2.83. The van der Waals surface area contributed by atoms with E-state index < -0.39 is 26.4 Å². The molecule has 0 unspecified atom stereocenters. The molecular weight excluding hydrogens is 328 g/mol. The molecule has 0 radical (unpaired) electrons. The fourth-order valence-corrected chi connectivity index (χ4v) is 3.21. The summed E-state index contributed by atoms with van der Waals surface area (Å²) in [6.07, 6.45) is 1.30. The van der Waals surface area contributed by atoms with Crippen molar-refractivity contribution in [2.75, 3.05) is 20.8 Å². The quantitative estimate of drug-likeness (QED) is 0.427. The first-order valence-corrected chi connectivity index (χ1v) is 11.1. The summed E-state index contributed by atoms with van der Waals surface area (Å²) in [5.41, 5.74) is 0.812. The summed E-state index contributed by atoms with van der Waals surface area (Å²) in [6.45, 7) is 11.2. The van der Waals surface area contributed by atoms with Crippen LogP contribution in [0.5, 0.6) is 0 Å². The molecular formula is C17H30O6Si. The van der Waals surface area contributed by atoms with Crippen LogP contribution in [0.25, 0.3) is 0 Å². The number of hydrogen-bond donors (Lipinski definition) is 0. The van der Waals surface area contributed by atoms with Crippen molar-refractivity contribution >= 4 is 20.3 Å². The second-order valence-corrected chi connectivity index (χ2v) is 12.4. The number of methoxy groups -OCH3 is 2. The molecule has 0 bridgehead atoms. The third-order valence-corrected chi connectivity index (χ3v) is 9.22. The van der Waals surface area contributed by atoms with Crippen molar-refractivity contribution in [1.82, 2.24) is 0 Å². The Hall–Kier alpha value is -1.18. The standard InChI is InChI=1S/C17H30O6Si/c1-17(2,3)24(6,7)22-11-13-8-12(10-15(18)20-4)9-14(23-13)16(19)21-5/h10,13-14H,8-9,11H2,1-7H3/b12-10+/t13-,14+/m1/s1. The number of ether oxygens (including phenoxy) is 3. The number of carbonyl (C=O) groups is 2. The Kier molecular flexibility index (Phi) is 7.19. The molecule has 7 heteroatoms. The molecule has 1 aliphatic heterocycles. The van der Waals surface area contributed by atoms with Gasteiger partial charge in [-0.1, -0.05) is 26.3 Å². The molecule has 6 nitrogen and oxygen atoms in total. The van der Waals surface area contributed by atoms with E-state index in [1.54, 1.807) is 0 Å². The van der Waals surface area contributed by atoms with Gasteiger partial charge in [0, 0.05) is 12.5 Å². The van der Waals surface area contributed by atoms with Crippen molar-refractivity contribution in [3.8, 4) is 0 Å². The molecule has 0 saturated carbocycles. The lowest BCUT2D eigenvalue weighted by molar-refractivity contribution is -0.161. The molecule has 1 fully saturated rings. The van der Waals surface area contributed by atoms with Crippen LogP contribution < -0.4 is 0 Å².